The van der Waals surface area contributed by atoms with E-state index in [4.69, 9.17) is 9.47 Å². The fourth-order valence-corrected chi connectivity index (χ4v) is 2.47. The molecule has 0 aromatic heterocycles. The van der Waals surface area contributed by atoms with E-state index in [0.29, 0.717) is 13.2 Å². The van der Waals surface area contributed by atoms with Crippen LogP contribution in [0, 0.1) is 0 Å². The first-order valence-electron chi connectivity index (χ1n) is 8.44. The lowest BCUT2D eigenvalue weighted by atomic mass is 10.2. The number of nitrogens with zero attached hydrogens (tertiary/aromatic N) is 1. The number of hydrogen-bond acceptors (Lipinski definition) is 4. The first-order valence-corrected chi connectivity index (χ1v) is 8.44. The van der Waals surface area contributed by atoms with Crippen molar-refractivity contribution in [1.29, 1.82) is 0 Å². The number of amides is 1. The zero-order valence-corrected chi connectivity index (χ0v) is 14.7. The second-order valence-corrected chi connectivity index (χ2v) is 5.81. The molecule has 1 unspecified atom stereocenters. The molecule has 0 saturated carbocycles. The number of carbonyl (C=O) groups is 1. The monoisotopic (exact) mass is 343 g/mol. The van der Waals surface area contributed by atoms with Gasteiger partial charge < -0.3 is 19.5 Å². The molecule has 0 aliphatic heterocycles. The molecule has 134 valence electrons. The molecule has 0 heterocycles. The van der Waals surface area contributed by atoms with Crippen molar-refractivity contribution in [2.75, 3.05) is 13.2 Å². The highest BCUT2D eigenvalue weighted by atomic mass is 16.6. The molecule has 0 saturated heterocycles. The lowest BCUT2D eigenvalue weighted by Gasteiger charge is -2.24. The summed E-state index contributed by atoms with van der Waals surface area (Å²) in [6.45, 7) is 4.81. The van der Waals surface area contributed by atoms with Crippen molar-refractivity contribution in [3.05, 3.63) is 65.7 Å². The number of hydrogen-bond donors (Lipinski definition) is 1. The molecule has 2 rings (SSSR count). The van der Waals surface area contributed by atoms with Gasteiger partial charge in [-0.15, -0.1) is 0 Å². The standard InChI is InChI=1S/C20H25NO4/c1-3-24-19-12-8-7-11-18(19)14-21(13-16(2)22)20(23)25-15-17-9-5-4-6-10-17/h4-12,16,22H,3,13-15H2,1-2H3. The minimum atomic E-state index is -0.650. The minimum absolute atomic E-state index is 0.189. The molecule has 1 atom stereocenters. The molecular formula is C20H25NO4. The molecule has 1 N–H and O–H groups in total. The fraction of sp³-hybridized carbons (Fsp3) is 0.350. The Morgan fingerprint density at radius 2 is 1.80 bits per heavy atom. The number of rotatable bonds is 8. The highest BCUT2D eigenvalue weighted by molar-refractivity contribution is 5.68. The van der Waals surface area contributed by atoms with E-state index in [1.54, 1.807) is 6.92 Å². The van der Waals surface area contributed by atoms with E-state index in [1.807, 2.05) is 61.5 Å². The van der Waals surface area contributed by atoms with Crippen LogP contribution in [-0.2, 0) is 17.9 Å². The van der Waals surface area contributed by atoms with Crippen molar-refractivity contribution >= 4 is 6.09 Å². The summed E-state index contributed by atoms with van der Waals surface area (Å²) in [5, 5.41) is 9.73. The Balaban J connectivity index is 2.06. The van der Waals surface area contributed by atoms with Crippen LogP contribution in [0.15, 0.2) is 54.6 Å². The first kappa shape index (κ1) is 18.8. The summed E-state index contributed by atoms with van der Waals surface area (Å²) in [7, 11) is 0. The Bertz CT molecular complexity index is 658. The van der Waals surface area contributed by atoms with Crippen LogP contribution in [0.4, 0.5) is 4.79 Å². The molecule has 5 nitrogen and oxygen atoms in total. The summed E-state index contributed by atoms with van der Waals surface area (Å²) in [5.41, 5.74) is 1.80. The van der Waals surface area contributed by atoms with Crippen molar-refractivity contribution in [1.82, 2.24) is 4.90 Å². The molecule has 0 aliphatic rings. The van der Waals surface area contributed by atoms with Crippen molar-refractivity contribution in [2.24, 2.45) is 0 Å². The van der Waals surface area contributed by atoms with Gasteiger partial charge in [0.2, 0.25) is 0 Å². The van der Waals surface area contributed by atoms with Gasteiger partial charge in [0.25, 0.3) is 0 Å². The number of carbonyl (C=O) groups excluding carboxylic acids is 1. The number of para-hydroxylation sites is 1. The number of benzene rings is 2. The van der Waals surface area contributed by atoms with Gasteiger partial charge in [0, 0.05) is 5.56 Å². The van der Waals surface area contributed by atoms with Gasteiger partial charge in [0.15, 0.2) is 0 Å². The van der Waals surface area contributed by atoms with E-state index in [1.165, 1.54) is 4.90 Å². The molecule has 0 radical (unpaired) electrons. The zero-order chi connectivity index (χ0) is 18.1. The van der Waals surface area contributed by atoms with E-state index < -0.39 is 12.2 Å². The van der Waals surface area contributed by atoms with Gasteiger partial charge in [-0.05, 0) is 25.5 Å². The zero-order valence-electron chi connectivity index (χ0n) is 14.7. The van der Waals surface area contributed by atoms with Gasteiger partial charge >= 0.3 is 6.09 Å². The molecule has 0 bridgehead atoms. The smallest absolute Gasteiger partial charge is 0.410 e. The predicted molar refractivity (Wildman–Crippen MR) is 96.3 cm³/mol. The fourth-order valence-electron chi connectivity index (χ4n) is 2.47. The quantitative estimate of drug-likeness (QED) is 0.795. The van der Waals surface area contributed by atoms with Crippen LogP contribution in [0.5, 0.6) is 5.75 Å². The van der Waals surface area contributed by atoms with Crippen LogP contribution in [0.2, 0.25) is 0 Å². The topological polar surface area (TPSA) is 59.0 Å². The van der Waals surface area contributed by atoms with Crippen molar-refractivity contribution in [3.63, 3.8) is 0 Å². The second kappa shape index (κ2) is 9.69. The lowest BCUT2D eigenvalue weighted by Crippen LogP contribution is -2.36. The molecule has 0 spiro atoms. The normalized spacial score (nSPS) is 11.6. The Labute approximate surface area is 148 Å². The highest BCUT2D eigenvalue weighted by Crippen LogP contribution is 2.20. The van der Waals surface area contributed by atoms with Gasteiger partial charge in [-0.2, -0.15) is 0 Å². The summed E-state index contributed by atoms with van der Waals surface area (Å²) in [4.78, 5) is 14.0. The average molecular weight is 343 g/mol. The SMILES string of the molecule is CCOc1ccccc1CN(CC(C)O)C(=O)OCc1ccccc1. The summed E-state index contributed by atoms with van der Waals surface area (Å²) in [6, 6.07) is 17.1. The van der Waals surface area contributed by atoms with Gasteiger partial charge in [-0.1, -0.05) is 48.5 Å². The van der Waals surface area contributed by atoms with E-state index in [0.717, 1.165) is 16.9 Å². The van der Waals surface area contributed by atoms with E-state index >= 15 is 0 Å². The molecule has 0 aliphatic carbocycles. The third-order valence-corrected chi connectivity index (χ3v) is 3.58. The summed E-state index contributed by atoms with van der Waals surface area (Å²) < 4.78 is 11.0. The summed E-state index contributed by atoms with van der Waals surface area (Å²) >= 11 is 0. The van der Waals surface area contributed by atoms with E-state index in [9.17, 15) is 9.90 Å². The van der Waals surface area contributed by atoms with Crippen molar-refractivity contribution < 1.29 is 19.4 Å². The Kier molecular flexibility index (Phi) is 7.29. The molecule has 5 heteroatoms. The number of ether oxygens (including phenoxy) is 2. The first-order chi connectivity index (χ1) is 12.1. The number of aliphatic hydroxyl groups excluding tert-OH is 1. The Morgan fingerprint density at radius 3 is 2.48 bits per heavy atom. The maximum absolute atomic E-state index is 12.5. The molecule has 2 aromatic carbocycles. The maximum Gasteiger partial charge on any atom is 0.410 e. The van der Waals surface area contributed by atoms with Crippen LogP contribution in [-0.4, -0.2) is 35.4 Å². The van der Waals surface area contributed by atoms with Gasteiger partial charge in [0.05, 0.1) is 25.8 Å². The van der Waals surface area contributed by atoms with Crippen LogP contribution < -0.4 is 4.74 Å². The lowest BCUT2D eigenvalue weighted by molar-refractivity contribution is 0.0701. The van der Waals surface area contributed by atoms with Crippen molar-refractivity contribution in [2.45, 2.75) is 33.1 Å². The van der Waals surface area contributed by atoms with Crippen LogP contribution in [0.1, 0.15) is 25.0 Å². The van der Waals surface area contributed by atoms with Crippen LogP contribution in [0.3, 0.4) is 0 Å². The third-order valence-electron chi connectivity index (χ3n) is 3.58. The van der Waals surface area contributed by atoms with Crippen LogP contribution >= 0.6 is 0 Å². The van der Waals surface area contributed by atoms with Gasteiger partial charge in [-0.3, -0.25) is 0 Å². The molecule has 0 fully saturated rings. The van der Waals surface area contributed by atoms with E-state index in [-0.39, 0.29) is 13.2 Å². The number of aliphatic hydroxyl groups is 1. The molecular weight excluding hydrogens is 318 g/mol. The molecule has 25 heavy (non-hydrogen) atoms. The largest absolute Gasteiger partial charge is 0.494 e. The predicted octanol–water partition coefficient (Wildman–Crippen LogP) is 3.60. The van der Waals surface area contributed by atoms with Crippen molar-refractivity contribution in [3.8, 4) is 5.75 Å². The molecule has 1 amide bonds. The van der Waals surface area contributed by atoms with E-state index in [2.05, 4.69) is 0 Å². The average Bonchev–Trinajstić information content (AvgIpc) is 2.61. The van der Waals surface area contributed by atoms with Gasteiger partial charge in [0.1, 0.15) is 12.4 Å². The summed E-state index contributed by atoms with van der Waals surface area (Å²) in [5.74, 6) is 0.733. The van der Waals surface area contributed by atoms with Gasteiger partial charge in [-0.25, -0.2) is 4.79 Å². The highest BCUT2D eigenvalue weighted by Gasteiger charge is 2.19. The summed E-state index contributed by atoms with van der Waals surface area (Å²) in [6.07, 6.45) is -1.11. The van der Waals surface area contributed by atoms with Crippen LogP contribution in [0.25, 0.3) is 0 Å². The Hall–Kier alpha value is -2.53. The second-order valence-electron chi connectivity index (χ2n) is 5.81. The minimum Gasteiger partial charge on any atom is -0.494 e. The third kappa shape index (κ3) is 6.12. The Morgan fingerprint density at radius 1 is 1.12 bits per heavy atom. The molecule has 2 aromatic rings. The maximum atomic E-state index is 12.5.